The summed E-state index contributed by atoms with van der Waals surface area (Å²) in [5, 5.41) is 7.87. The lowest BCUT2D eigenvalue weighted by Crippen LogP contribution is -2.14. The van der Waals surface area contributed by atoms with Gasteiger partial charge >= 0.3 is 0 Å². The highest BCUT2D eigenvalue weighted by Gasteiger charge is 2.14. The van der Waals surface area contributed by atoms with Crippen LogP contribution in [0.2, 0.25) is 0 Å². The first-order chi connectivity index (χ1) is 14.5. The smallest absolute Gasteiger partial charge is 0.226 e. The van der Waals surface area contributed by atoms with Gasteiger partial charge in [-0.05, 0) is 51.5 Å². The molecule has 0 amide bonds. The van der Waals surface area contributed by atoms with Crippen LogP contribution in [0.1, 0.15) is 39.3 Å². The second kappa shape index (κ2) is 8.53. The first-order valence-corrected chi connectivity index (χ1v) is 10.4. The molecule has 3 aromatic heterocycles. The van der Waals surface area contributed by atoms with Crippen LogP contribution in [0.25, 0.3) is 22.3 Å². The van der Waals surface area contributed by atoms with Gasteiger partial charge in [0.05, 0.1) is 11.1 Å². The Kier molecular flexibility index (Phi) is 5.65. The highest BCUT2D eigenvalue weighted by Crippen LogP contribution is 2.26. The Balaban J connectivity index is 1.58. The summed E-state index contributed by atoms with van der Waals surface area (Å²) in [6.07, 6.45) is 3.90. The van der Waals surface area contributed by atoms with Crippen LogP contribution in [0.4, 0.5) is 11.8 Å². The zero-order valence-electron chi connectivity index (χ0n) is 17.9. The van der Waals surface area contributed by atoms with Gasteiger partial charge in [0.25, 0.3) is 0 Å². The molecule has 0 bridgehead atoms. The van der Waals surface area contributed by atoms with Gasteiger partial charge in [-0.3, -0.25) is 4.98 Å². The first-order valence-electron chi connectivity index (χ1n) is 10.4. The van der Waals surface area contributed by atoms with Gasteiger partial charge in [0, 0.05) is 36.6 Å². The minimum atomic E-state index is 0.261. The van der Waals surface area contributed by atoms with E-state index in [0.29, 0.717) is 18.5 Å². The van der Waals surface area contributed by atoms with Crippen LogP contribution in [0, 0.1) is 0 Å². The number of anilines is 2. The molecule has 6 heteroatoms. The normalized spacial score (nSPS) is 11.4. The molecule has 0 aliphatic heterocycles. The van der Waals surface area contributed by atoms with Gasteiger partial charge in [-0.2, -0.15) is 9.97 Å². The lowest BCUT2D eigenvalue weighted by atomic mass is 10.1. The molecule has 0 atom stereocenters. The number of nitrogens with zero attached hydrogens (tertiary/aromatic N) is 4. The molecule has 3 heterocycles. The molecule has 0 aliphatic rings. The zero-order chi connectivity index (χ0) is 21.1. The van der Waals surface area contributed by atoms with E-state index in [9.17, 15) is 0 Å². The van der Waals surface area contributed by atoms with Crippen molar-refractivity contribution in [3.05, 3.63) is 66.5 Å². The van der Waals surface area contributed by atoms with E-state index in [1.165, 1.54) is 5.56 Å². The van der Waals surface area contributed by atoms with Gasteiger partial charge in [-0.1, -0.05) is 30.3 Å². The average Bonchev–Trinajstić information content (AvgIpc) is 3.17. The summed E-state index contributed by atoms with van der Waals surface area (Å²) in [6, 6.07) is 17.1. The molecule has 0 aliphatic carbocycles. The maximum absolute atomic E-state index is 4.75. The van der Waals surface area contributed by atoms with Crippen molar-refractivity contribution < 1.29 is 0 Å². The summed E-state index contributed by atoms with van der Waals surface area (Å²) in [5.41, 5.74) is 4.22. The quantitative estimate of drug-likeness (QED) is 0.428. The molecule has 0 radical (unpaired) electrons. The molecule has 1 aromatic carbocycles. The van der Waals surface area contributed by atoms with Crippen LogP contribution >= 0.6 is 0 Å². The fourth-order valence-electron chi connectivity index (χ4n) is 3.42. The Morgan fingerprint density at radius 3 is 2.40 bits per heavy atom. The van der Waals surface area contributed by atoms with Crippen molar-refractivity contribution in [2.45, 2.75) is 46.3 Å². The minimum Gasteiger partial charge on any atom is -0.365 e. The average molecular weight is 401 g/mol. The molecule has 4 aromatic rings. The number of nitrogens with one attached hydrogen (secondary N) is 2. The molecule has 0 saturated heterocycles. The lowest BCUT2D eigenvalue weighted by molar-refractivity contribution is 0.617. The standard InChI is InChI=1S/C24H28N6/c1-16(2)27-24-28-22(20-12-14-30(17(3)4)23(20)29-24)26-15-18-8-10-19(11-9-18)21-7-5-6-13-25-21/h5-14,16-17H,15H2,1-4H3,(H2,26,27,28,29). The number of aromatic nitrogens is 4. The van der Waals surface area contributed by atoms with Crippen molar-refractivity contribution in [3.63, 3.8) is 0 Å². The van der Waals surface area contributed by atoms with Crippen LogP contribution < -0.4 is 10.6 Å². The molecule has 0 saturated carbocycles. The van der Waals surface area contributed by atoms with E-state index in [-0.39, 0.29) is 6.04 Å². The SMILES string of the molecule is CC(C)Nc1nc(NCc2ccc(-c3ccccn3)cc2)c2ccn(C(C)C)c2n1. The van der Waals surface area contributed by atoms with Gasteiger partial charge in [-0.15, -0.1) is 0 Å². The molecule has 4 rings (SSSR count). The number of fused-ring (bicyclic) bond motifs is 1. The Bertz CT molecular complexity index is 1110. The fraction of sp³-hybridized carbons (Fsp3) is 0.292. The number of hydrogen-bond acceptors (Lipinski definition) is 5. The van der Waals surface area contributed by atoms with Crippen molar-refractivity contribution in [2.24, 2.45) is 0 Å². The molecule has 0 unspecified atom stereocenters. The predicted octanol–water partition coefficient (Wildman–Crippen LogP) is 5.51. The van der Waals surface area contributed by atoms with Gasteiger partial charge in [0.15, 0.2) is 0 Å². The van der Waals surface area contributed by atoms with E-state index in [0.717, 1.165) is 28.1 Å². The second-order valence-corrected chi connectivity index (χ2v) is 8.01. The van der Waals surface area contributed by atoms with E-state index >= 15 is 0 Å². The summed E-state index contributed by atoms with van der Waals surface area (Å²) in [6.45, 7) is 9.18. The summed E-state index contributed by atoms with van der Waals surface area (Å²) >= 11 is 0. The fourth-order valence-corrected chi connectivity index (χ4v) is 3.42. The van der Waals surface area contributed by atoms with Crippen molar-refractivity contribution in [1.82, 2.24) is 19.5 Å². The molecule has 0 fully saturated rings. The summed E-state index contributed by atoms with van der Waals surface area (Å²) in [5.74, 6) is 1.49. The van der Waals surface area contributed by atoms with Crippen LogP contribution in [-0.2, 0) is 6.54 Å². The Hall–Kier alpha value is -3.41. The number of pyridine rings is 1. The topological polar surface area (TPSA) is 67.7 Å². The van der Waals surface area contributed by atoms with Crippen LogP contribution in [0.5, 0.6) is 0 Å². The van der Waals surface area contributed by atoms with Gasteiger partial charge in [0.1, 0.15) is 11.5 Å². The van der Waals surface area contributed by atoms with Crippen LogP contribution in [-0.4, -0.2) is 25.6 Å². The Morgan fingerprint density at radius 2 is 1.73 bits per heavy atom. The maximum atomic E-state index is 4.75. The third kappa shape index (κ3) is 4.27. The molecule has 6 nitrogen and oxygen atoms in total. The molecule has 0 spiro atoms. The summed E-state index contributed by atoms with van der Waals surface area (Å²) < 4.78 is 2.18. The monoisotopic (exact) mass is 400 g/mol. The minimum absolute atomic E-state index is 0.261. The number of hydrogen-bond donors (Lipinski definition) is 2. The van der Waals surface area contributed by atoms with Gasteiger partial charge in [-0.25, -0.2) is 0 Å². The first kappa shape index (κ1) is 19.9. The third-order valence-electron chi connectivity index (χ3n) is 4.92. The molecule has 154 valence electrons. The Labute approximate surface area is 177 Å². The molecular weight excluding hydrogens is 372 g/mol. The van der Waals surface area contributed by atoms with Gasteiger partial charge in [0.2, 0.25) is 5.95 Å². The van der Waals surface area contributed by atoms with Crippen LogP contribution in [0.3, 0.4) is 0 Å². The second-order valence-electron chi connectivity index (χ2n) is 8.01. The zero-order valence-corrected chi connectivity index (χ0v) is 17.9. The number of benzene rings is 1. The largest absolute Gasteiger partial charge is 0.365 e. The highest BCUT2D eigenvalue weighted by atomic mass is 15.2. The van der Waals surface area contributed by atoms with Crippen molar-refractivity contribution in [1.29, 1.82) is 0 Å². The Morgan fingerprint density at radius 1 is 0.933 bits per heavy atom. The predicted molar refractivity (Wildman–Crippen MR) is 124 cm³/mol. The summed E-state index contributed by atoms with van der Waals surface area (Å²) in [7, 11) is 0. The van der Waals surface area contributed by atoms with E-state index in [4.69, 9.17) is 9.97 Å². The van der Waals surface area contributed by atoms with Crippen LogP contribution in [0.15, 0.2) is 60.9 Å². The third-order valence-corrected chi connectivity index (χ3v) is 4.92. The summed E-state index contributed by atoms with van der Waals surface area (Å²) in [4.78, 5) is 13.9. The van der Waals surface area contributed by atoms with E-state index in [2.05, 4.69) is 84.4 Å². The molecule has 2 N–H and O–H groups in total. The van der Waals surface area contributed by atoms with E-state index < -0.39 is 0 Å². The molecular formula is C24H28N6. The van der Waals surface area contributed by atoms with E-state index in [1.807, 2.05) is 24.4 Å². The van der Waals surface area contributed by atoms with E-state index in [1.54, 1.807) is 0 Å². The van der Waals surface area contributed by atoms with Crippen molar-refractivity contribution >= 4 is 22.8 Å². The van der Waals surface area contributed by atoms with Gasteiger partial charge < -0.3 is 15.2 Å². The van der Waals surface area contributed by atoms with Crippen molar-refractivity contribution in [2.75, 3.05) is 10.6 Å². The highest BCUT2D eigenvalue weighted by molar-refractivity contribution is 5.88. The number of rotatable bonds is 7. The van der Waals surface area contributed by atoms with Crippen molar-refractivity contribution in [3.8, 4) is 11.3 Å². The lowest BCUT2D eigenvalue weighted by Gasteiger charge is -2.14. The maximum Gasteiger partial charge on any atom is 0.226 e. The molecule has 30 heavy (non-hydrogen) atoms.